The van der Waals surface area contributed by atoms with E-state index in [0.717, 1.165) is 25.2 Å². The number of hydrogen-bond acceptors (Lipinski definition) is 4. The number of piperazine rings is 1. The van der Waals surface area contributed by atoms with Gasteiger partial charge in [-0.3, -0.25) is 4.90 Å². The number of ether oxygens (including phenoxy) is 1. The second-order valence-electron chi connectivity index (χ2n) is 6.25. The van der Waals surface area contributed by atoms with Crippen molar-refractivity contribution in [3.05, 3.63) is 0 Å². The van der Waals surface area contributed by atoms with Crippen molar-refractivity contribution in [1.29, 1.82) is 0 Å². The molecule has 3 fully saturated rings. The van der Waals surface area contributed by atoms with Crippen LogP contribution in [0.2, 0.25) is 0 Å². The van der Waals surface area contributed by atoms with E-state index in [1.807, 2.05) is 0 Å². The van der Waals surface area contributed by atoms with Gasteiger partial charge in [-0.25, -0.2) is 0 Å². The van der Waals surface area contributed by atoms with Crippen LogP contribution in [0.3, 0.4) is 0 Å². The van der Waals surface area contributed by atoms with Crippen LogP contribution in [0.4, 0.5) is 0 Å². The van der Waals surface area contributed by atoms with E-state index < -0.39 is 0 Å². The van der Waals surface area contributed by atoms with Gasteiger partial charge >= 0.3 is 0 Å². The third-order valence-corrected chi connectivity index (χ3v) is 4.79. The van der Waals surface area contributed by atoms with Crippen LogP contribution in [0.5, 0.6) is 0 Å². The van der Waals surface area contributed by atoms with Crippen LogP contribution in [-0.2, 0) is 4.74 Å². The first-order valence-electron chi connectivity index (χ1n) is 7.58. The van der Waals surface area contributed by atoms with Crippen molar-refractivity contribution in [3.8, 4) is 0 Å². The molecule has 3 aliphatic rings. The molecule has 18 heavy (non-hydrogen) atoms. The number of piperidine rings is 1. The molecule has 0 amide bonds. The topological polar surface area (TPSA) is 27.7 Å². The molecular weight excluding hydrogens is 226 g/mol. The van der Waals surface area contributed by atoms with E-state index in [-0.39, 0.29) is 0 Å². The van der Waals surface area contributed by atoms with Gasteiger partial charge in [0.2, 0.25) is 0 Å². The molecule has 2 unspecified atom stereocenters. The van der Waals surface area contributed by atoms with Gasteiger partial charge in [0.05, 0.1) is 12.7 Å². The summed E-state index contributed by atoms with van der Waals surface area (Å²) in [6.45, 7) is 6.87. The van der Waals surface area contributed by atoms with Crippen molar-refractivity contribution in [2.75, 3.05) is 46.4 Å². The van der Waals surface area contributed by atoms with Gasteiger partial charge in [0.1, 0.15) is 0 Å². The second-order valence-corrected chi connectivity index (χ2v) is 6.25. The Morgan fingerprint density at radius 1 is 1.06 bits per heavy atom. The highest BCUT2D eigenvalue weighted by molar-refractivity contribution is 4.92. The van der Waals surface area contributed by atoms with Gasteiger partial charge in [0, 0.05) is 44.8 Å². The fourth-order valence-corrected chi connectivity index (χ4v) is 3.56. The summed E-state index contributed by atoms with van der Waals surface area (Å²) < 4.78 is 6.10. The maximum absolute atomic E-state index is 6.10. The number of fused-ring (bicyclic) bond motifs is 2. The average Bonchev–Trinajstić information content (AvgIpc) is 2.71. The minimum absolute atomic E-state index is 0.524. The molecule has 0 aromatic carbocycles. The van der Waals surface area contributed by atoms with Crippen LogP contribution in [0, 0.1) is 0 Å². The van der Waals surface area contributed by atoms with Gasteiger partial charge in [-0.05, 0) is 32.7 Å². The Morgan fingerprint density at radius 2 is 1.72 bits per heavy atom. The summed E-state index contributed by atoms with van der Waals surface area (Å²) in [5.41, 5.74) is 0. The molecule has 0 radical (unpaired) electrons. The first kappa shape index (κ1) is 12.9. The summed E-state index contributed by atoms with van der Waals surface area (Å²) >= 11 is 0. The van der Waals surface area contributed by atoms with Crippen molar-refractivity contribution < 1.29 is 4.74 Å². The first-order chi connectivity index (χ1) is 8.79. The van der Waals surface area contributed by atoms with Gasteiger partial charge in [0.15, 0.2) is 0 Å². The van der Waals surface area contributed by atoms with Crippen LogP contribution in [0.15, 0.2) is 0 Å². The maximum atomic E-state index is 6.10. The predicted molar refractivity (Wildman–Crippen MR) is 72.9 cm³/mol. The van der Waals surface area contributed by atoms with E-state index in [0.29, 0.717) is 6.10 Å². The van der Waals surface area contributed by atoms with Gasteiger partial charge in [-0.1, -0.05) is 0 Å². The minimum atomic E-state index is 0.524. The molecule has 0 spiro atoms. The normalized spacial score (nSPS) is 38.2. The molecule has 0 saturated carbocycles. The predicted octanol–water partition coefficient (Wildman–Crippen LogP) is 0.533. The smallest absolute Gasteiger partial charge is 0.0605 e. The summed E-state index contributed by atoms with van der Waals surface area (Å²) in [5.74, 6) is 0. The summed E-state index contributed by atoms with van der Waals surface area (Å²) in [6.07, 6.45) is 5.72. The van der Waals surface area contributed by atoms with Crippen LogP contribution in [0.25, 0.3) is 0 Å². The van der Waals surface area contributed by atoms with Crippen molar-refractivity contribution in [1.82, 2.24) is 15.1 Å². The van der Waals surface area contributed by atoms with Crippen molar-refractivity contribution in [3.63, 3.8) is 0 Å². The van der Waals surface area contributed by atoms with Crippen molar-refractivity contribution in [2.45, 2.75) is 43.9 Å². The lowest BCUT2D eigenvalue weighted by molar-refractivity contribution is 0.00427. The van der Waals surface area contributed by atoms with Crippen LogP contribution < -0.4 is 5.32 Å². The zero-order chi connectivity index (χ0) is 12.4. The Balaban J connectivity index is 1.32. The molecule has 104 valence electrons. The molecule has 2 bridgehead atoms. The molecule has 0 aromatic heterocycles. The Kier molecular flexibility index (Phi) is 4.19. The monoisotopic (exact) mass is 253 g/mol. The van der Waals surface area contributed by atoms with Crippen LogP contribution >= 0.6 is 0 Å². The summed E-state index contributed by atoms with van der Waals surface area (Å²) in [5, 5.41) is 3.67. The Labute approximate surface area is 111 Å². The fraction of sp³-hybridized carbons (Fsp3) is 1.00. The Hall–Kier alpha value is -0.160. The molecule has 3 aliphatic heterocycles. The first-order valence-corrected chi connectivity index (χ1v) is 7.58. The molecule has 3 heterocycles. The third-order valence-electron chi connectivity index (χ3n) is 4.79. The zero-order valence-electron chi connectivity index (χ0n) is 11.6. The zero-order valence-corrected chi connectivity index (χ0v) is 11.6. The molecule has 4 nitrogen and oxygen atoms in total. The summed E-state index contributed by atoms with van der Waals surface area (Å²) in [6, 6.07) is 1.50. The maximum Gasteiger partial charge on any atom is 0.0605 e. The molecule has 3 rings (SSSR count). The van der Waals surface area contributed by atoms with Gasteiger partial charge in [-0.15, -0.1) is 0 Å². The van der Waals surface area contributed by atoms with E-state index in [4.69, 9.17) is 4.74 Å². The van der Waals surface area contributed by atoms with Crippen LogP contribution in [-0.4, -0.2) is 74.4 Å². The van der Waals surface area contributed by atoms with Gasteiger partial charge in [-0.2, -0.15) is 0 Å². The van der Waals surface area contributed by atoms with Crippen LogP contribution in [0.1, 0.15) is 25.7 Å². The van der Waals surface area contributed by atoms with Gasteiger partial charge in [0.25, 0.3) is 0 Å². The SMILES string of the molecule is CN1CCN(CCOC2CC3CCC(C2)N3)CC1. The standard InChI is InChI=1S/C14H27N3O/c1-16-4-6-17(7-5-16)8-9-18-14-10-12-2-3-13(11-14)15-12/h12-15H,2-11H2,1H3. The lowest BCUT2D eigenvalue weighted by Crippen LogP contribution is -2.46. The molecule has 3 saturated heterocycles. The number of hydrogen-bond donors (Lipinski definition) is 1. The third kappa shape index (κ3) is 3.23. The quantitative estimate of drug-likeness (QED) is 0.791. The van der Waals surface area contributed by atoms with E-state index in [1.165, 1.54) is 51.9 Å². The number of rotatable bonds is 4. The largest absolute Gasteiger partial charge is 0.377 e. The highest BCUT2D eigenvalue weighted by atomic mass is 16.5. The Morgan fingerprint density at radius 3 is 2.39 bits per heavy atom. The molecule has 1 N–H and O–H groups in total. The average molecular weight is 253 g/mol. The lowest BCUT2D eigenvalue weighted by Gasteiger charge is -2.33. The second kappa shape index (κ2) is 5.87. The summed E-state index contributed by atoms with van der Waals surface area (Å²) in [4.78, 5) is 4.94. The number of likely N-dealkylation sites (N-methyl/N-ethyl adjacent to an activating group) is 1. The van der Waals surface area contributed by atoms with Crippen molar-refractivity contribution in [2.24, 2.45) is 0 Å². The molecule has 0 aliphatic carbocycles. The molecular formula is C14H27N3O. The number of nitrogens with zero attached hydrogens (tertiary/aromatic N) is 2. The molecule has 2 atom stereocenters. The Bertz CT molecular complexity index is 254. The van der Waals surface area contributed by atoms with Crippen molar-refractivity contribution >= 4 is 0 Å². The van der Waals surface area contributed by atoms with E-state index in [9.17, 15) is 0 Å². The number of nitrogens with one attached hydrogen (secondary N) is 1. The van der Waals surface area contributed by atoms with Gasteiger partial charge < -0.3 is 15.0 Å². The fourth-order valence-electron chi connectivity index (χ4n) is 3.56. The lowest BCUT2D eigenvalue weighted by atomic mass is 10.0. The highest BCUT2D eigenvalue weighted by Crippen LogP contribution is 2.28. The van der Waals surface area contributed by atoms with E-state index in [2.05, 4.69) is 22.2 Å². The summed E-state index contributed by atoms with van der Waals surface area (Å²) in [7, 11) is 2.21. The molecule has 0 aromatic rings. The minimum Gasteiger partial charge on any atom is -0.377 e. The van der Waals surface area contributed by atoms with E-state index in [1.54, 1.807) is 0 Å². The highest BCUT2D eigenvalue weighted by Gasteiger charge is 2.33. The van der Waals surface area contributed by atoms with E-state index >= 15 is 0 Å². The molecule has 4 heteroatoms.